The molecule has 1 heteroatoms. The van der Waals surface area contributed by atoms with Crippen LogP contribution < -0.4 is 0 Å². The third kappa shape index (κ3) is 2.65. The van der Waals surface area contributed by atoms with Crippen molar-refractivity contribution in [2.45, 2.75) is 66.2 Å². The lowest BCUT2D eigenvalue weighted by atomic mass is 9.76. The van der Waals surface area contributed by atoms with Crippen molar-refractivity contribution >= 4 is 0 Å². The standard InChI is InChI=1S/C16H25O/c1-10-9-11(2)13(16(6,7)8)14(17)12(10)15(3,4)5/h9H,1-8H3. The zero-order valence-corrected chi connectivity index (χ0v) is 12.5. The molecular weight excluding hydrogens is 208 g/mol. The predicted octanol–water partition coefficient (Wildman–Crippen LogP) is 5.04. The van der Waals surface area contributed by atoms with Crippen LogP contribution >= 0.6 is 0 Å². The summed E-state index contributed by atoms with van der Waals surface area (Å²) in [6.07, 6.45) is 0. The van der Waals surface area contributed by atoms with Crippen molar-refractivity contribution in [1.82, 2.24) is 0 Å². The maximum Gasteiger partial charge on any atom is 0.186 e. The second kappa shape index (κ2) is 4.04. The summed E-state index contributed by atoms with van der Waals surface area (Å²) in [5, 5.41) is 12.7. The van der Waals surface area contributed by atoms with E-state index in [2.05, 4.69) is 47.6 Å². The van der Waals surface area contributed by atoms with E-state index < -0.39 is 0 Å². The van der Waals surface area contributed by atoms with Crippen molar-refractivity contribution in [3.63, 3.8) is 0 Å². The van der Waals surface area contributed by atoms with Crippen LogP contribution in [-0.4, -0.2) is 0 Å². The van der Waals surface area contributed by atoms with Crippen molar-refractivity contribution in [1.29, 1.82) is 0 Å². The number of aryl methyl sites for hydroxylation is 2. The summed E-state index contributed by atoms with van der Waals surface area (Å²) < 4.78 is 0. The van der Waals surface area contributed by atoms with Gasteiger partial charge in [-0.25, -0.2) is 0 Å². The summed E-state index contributed by atoms with van der Waals surface area (Å²) in [5.74, 6) is 0.238. The molecule has 1 aromatic carbocycles. The molecule has 1 radical (unpaired) electrons. The Hall–Kier alpha value is -0.980. The van der Waals surface area contributed by atoms with Gasteiger partial charge in [0.2, 0.25) is 0 Å². The van der Waals surface area contributed by atoms with Crippen LogP contribution in [0.5, 0.6) is 5.75 Å². The van der Waals surface area contributed by atoms with Crippen molar-refractivity contribution in [3.8, 4) is 5.75 Å². The minimum absolute atomic E-state index is 0.0884. The summed E-state index contributed by atoms with van der Waals surface area (Å²) in [4.78, 5) is 0. The smallest absolute Gasteiger partial charge is 0.186 e. The van der Waals surface area contributed by atoms with Crippen molar-refractivity contribution in [2.75, 3.05) is 0 Å². The fourth-order valence-electron chi connectivity index (χ4n) is 2.82. The van der Waals surface area contributed by atoms with Gasteiger partial charge in [0.1, 0.15) is 0 Å². The summed E-state index contributed by atoms with van der Waals surface area (Å²) in [7, 11) is 0. The molecule has 0 saturated heterocycles. The minimum atomic E-state index is -0.0884. The van der Waals surface area contributed by atoms with Crippen LogP contribution in [0.15, 0.2) is 6.07 Å². The molecule has 0 aliphatic heterocycles. The van der Waals surface area contributed by atoms with Crippen LogP contribution in [0.1, 0.15) is 63.8 Å². The van der Waals surface area contributed by atoms with Crippen LogP contribution in [0.4, 0.5) is 0 Å². The first-order valence-electron chi connectivity index (χ1n) is 6.28. The van der Waals surface area contributed by atoms with Crippen molar-refractivity contribution in [2.24, 2.45) is 0 Å². The predicted molar refractivity (Wildman–Crippen MR) is 73.4 cm³/mol. The molecule has 1 nitrogen and oxygen atoms in total. The number of hydrogen-bond acceptors (Lipinski definition) is 0. The lowest BCUT2D eigenvalue weighted by molar-refractivity contribution is 0.326. The molecule has 1 rings (SSSR count). The molecule has 0 fully saturated rings. The van der Waals surface area contributed by atoms with Crippen LogP contribution in [0.25, 0.3) is 0 Å². The molecule has 17 heavy (non-hydrogen) atoms. The first kappa shape index (κ1) is 14.1. The number of hydrogen-bond donors (Lipinski definition) is 0. The van der Waals surface area contributed by atoms with Gasteiger partial charge in [-0.1, -0.05) is 47.6 Å². The number of rotatable bonds is 0. The minimum Gasteiger partial charge on any atom is -0.289 e. The Morgan fingerprint density at radius 3 is 1.29 bits per heavy atom. The van der Waals surface area contributed by atoms with E-state index in [-0.39, 0.29) is 16.6 Å². The molecule has 0 atom stereocenters. The van der Waals surface area contributed by atoms with Gasteiger partial charge in [-0.05, 0) is 35.8 Å². The monoisotopic (exact) mass is 233 g/mol. The molecule has 95 valence electrons. The molecule has 0 N–H and O–H groups in total. The Morgan fingerprint density at radius 1 is 0.765 bits per heavy atom. The normalized spacial score (nSPS) is 12.9. The van der Waals surface area contributed by atoms with E-state index in [1.165, 1.54) is 0 Å². The maximum absolute atomic E-state index is 12.7. The van der Waals surface area contributed by atoms with E-state index in [1.807, 2.05) is 13.8 Å². The molecule has 1 aromatic rings. The Labute approximate surface area is 106 Å². The highest BCUT2D eigenvalue weighted by molar-refractivity contribution is 5.54. The molecule has 0 saturated carbocycles. The van der Waals surface area contributed by atoms with Crippen molar-refractivity contribution < 1.29 is 5.11 Å². The SMILES string of the molecule is Cc1cc(C)c(C(C)(C)C)c([O])c1C(C)(C)C. The van der Waals surface area contributed by atoms with Gasteiger partial charge in [-0.15, -0.1) is 0 Å². The van der Waals surface area contributed by atoms with Crippen LogP contribution in [0.2, 0.25) is 0 Å². The molecule has 0 aromatic heterocycles. The molecule has 0 amide bonds. The summed E-state index contributed by atoms with van der Waals surface area (Å²) in [6, 6.07) is 2.16. The fourth-order valence-corrected chi connectivity index (χ4v) is 2.82. The molecule has 0 bridgehead atoms. The molecule has 0 unspecified atom stereocenters. The van der Waals surface area contributed by atoms with E-state index >= 15 is 0 Å². The first-order valence-corrected chi connectivity index (χ1v) is 6.28. The average Bonchev–Trinajstić information content (AvgIpc) is 1.94. The first-order chi connectivity index (χ1) is 7.46. The second-order valence-electron chi connectivity index (χ2n) is 7.09. The Kier molecular flexibility index (Phi) is 3.35. The molecule has 0 spiro atoms. The summed E-state index contributed by atoms with van der Waals surface area (Å²) >= 11 is 0. The maximum atomic E-state index is 12.7. The Morgan fingerprint density at radius 2 is 1.06 bits per heavy atom. The van der Waals surface area contributed by atoms with Gasteiger partial charge < -0.3 is 0 Å². The zero-order chi connectivity index (χ0) is 13.6. The van der Waals surface area contributed by atoms with Gasteiger partial charge in [-0.3, -0.25) is 5.11 Å². The highest BCUT2D eigenvalue weighted by Gasteiger charge is 2.29. The van der Waals surface area contributed by atoms with Crippen LogP contribution in [0.3, 0.4) is 0 Å². The van der Waals surface area contributed by atoms with Gasteiger partial charge in [0, 0.05) is 11.1 Å². The van der Waals surface area contributed by atoms with E-state index in [1.54, 1.807) is 0 Å². The van der Waals surface area contributed by atoms with Gasteiger partial charge in [-0.2, -0.15) is 0 Å². The quantitative estimate of drug-likeness (QED) is 0.598. The lowest BCUT2D eigenvalue weighted by Crippen LogP contribution is -2.19. The highest BCUT2D eigenvalue weighted by atomic mass is 16.3. The summed E-state index contributed by atoms with van der Waals surface area (Å²) in [5.41, 5.74) is 3.99. The van der Waals surface area contributed by atoms with Gasteiger partial charge in [0.25, 0.3) is 0 Å². The fraction of sp³-hybridized carbons (Fsp3) is 0.625. The van der Waals surface area contributed by atoms with Crippen LogP contribution in [-0.2, 0) is 15.9 Å². The summed E-state index contributed by atoms with van der Waals surface area (Å²) in [6.45, 7) is 16.7. The second-order valence-corrected chi connectivity index (χ2v) is 7.09. The molecule has 0 aliphatic carbocycles. The number of benzene rings is 1. The highest BCUT2D eigenvalue weighted by Crippen LogP contribution is 2.42. The Bertz CT molecular complexity index is 390. The van der Waals surface area contributed by atoms with Gasteiger partial charge in [0.05, 0.1) is 0 Å². The van der Waals surface area contributed by atoms with E-state index in [4.69, 9.17) is 0 Å². The van der Waals surface area contributed by atoms with Crippen molar-refractivity contribution in [3.05, 3.63) is 28.3 Å². The topological polar surface area (TPSA) is 19.9 Å². The molecular formula is C16H25O. The van der Waals surface area contributed by atoms with Crippen LogP contribution in [0, 0.1) is 13.8 Å². The van der Waals surface area contributed by atoms with Gasteiger partial charge >= 0.3 is 0 Å². The third-order valence-electron chi connectivity index (χ3n) is 3.18. The zero-order valence-electron chi connectivity index (χ0n) is 12.5. The molecule has 0 heterocycles. The van der Waals surface area contributed by atoms with E-state index in [0.717, 1.165) is 22.3 Å². The molecule has 0 aliphatic rings. The Balaban J connectivity index is 3.67. The lowest BCUT2D eigenvalue weighted by Gasteiger charge is -2.29. The third-order valence-corrected chi connectivity index (χ3v) is 3.18. The van der Waals surface area contributed by atoms with E-state index in [0.29, 0.717) is 0 Å². The van der Waals surface area contributed by atoms with Gasteiger partial charge in [0.15, 0.2) is 5.75 Å². The largest absolute Gasteiger partial charge is 0.289 e. The average molecular weight is 233 g/mol. The van der Waals surface area contributed by atoms with E-state index in [9.17, 15) is 5.11 Å².